The van der Waals surface area contributed by atoms with Crippen LogP contribution in [0.4, 0.5) is 4.39 Å². The monoisotopic (exact) mass is 659 g/mol. The largest absolute Gasteiger partial charge is 0.395 e. The number of pyridine rings is 3. The quantitative estimate of drug-likeness (QED) is 0.202. The summed E-state index contributed by atoms with van der Waals surface area (Å²) in [7, 11) is 1.52. The number of carbonyl (C=O) groups is 2. The number of fused-ring (bicyclic) bond motifs is 4. The fourth-order valence-electron chi connectivity index (χ4n) is 6.24. The number of hydrogen-bond donors (Lipinski definition) is 3. The zero-order chi connectivity index (χ0) is 35.1. The Balaban J connectivity index is 0.000000246. The first-order chi connectivity index (χ1) is 23.1. The third-order valence-corrected chi connectivity index (χ3v) is 8.43. The van der Waals surface area contributed by atoms with Crippen molar-refractivity contribution in [1.82, 2.24) is 19.4 Å². The molecule has 0 saturated heterocycles. The number of benzene rings is 1. The molecule has 1 aromatic carbocycles. The van der Waals surface area contributed by atoms with E-state index in [0.29, 0.717) is 45.7 Å². The van der Waals surface area contributed by atoms with Crippen molar-refractivity contribution in [3.05, 3.63) is 104 Å². The number of primary amides is 1. The van der Waals surface area contributed by atoms with Crippen molar-refractivity contribution in [3.8, 4) is 11.4 Å². The molecule has 0 bridgehead atoms. The third kappa shape index (κ3) is 7.05. The van der Waals surface area contributed by atoms with Gasteiger partial charge in [0.15, 0.2) is 0 Å². The number of rotatable bonds is 9. The van der Waals surface area contributed by atoms with Gasteiger partial charge in [0.05, 0.1) is 49.3 Å². The maximum absolute atomic E-state index is 14.6. The van der Waals surface area contributed by atoms with Gasteiger partial charge >= 0.3 is 0 Å². The molecular weight excluding hydrogens is 617 g/mol. The summed E-state index contributed by atoms with van der Waals surface area (Å²) in [6.07, 6.45) is 6.04. The number of amides is 2. The maximum Gasteiger partial charge on any atom is 0.257 e. The van der Waals surface area contributed by atoms with Gasteiger partial charge in [0.1, 0.15) is 5.82 Å². The Morgan fingerprint density at radius 3 is 2.50 bits per heavy atom. The zero-order valence-electron chi connectivity index (χ0n) is 27.8. The summed E-state index contributed by atoms with van der Waals surface area (Å²) in [6.45, 7) is 9.66. The molecule has 1 aliphatic heterocycles. The van der Waals surface area contributed by atoms with Crippen LogP contribution in [0, 0.1) is 12.7 Å². The molecule has 3 aromatic heterocycles. The summed E-state index contributed by atoms with van der Waals surface area (Å²) in [5.41, 5.74) is 12.0. The first-order valence-electron chi connectivity index (χ1n) is 15.9. The molecule has 48 heavy (non-hydrogen) atoms. The second-order valence-corrected chi connectivity index (χ2v) is 11.2. The van der Waals surface area contributed by atoms with Gasteiger partial charge in [0.25, 0.3) is 11.5 Å². The molecule has 0 fully saturated rings. The van der Waals surface area contributed by atoms with E-state index in [2.05, 4.69) is 11.6 Å². The average molecular weight is 660 g/mol. The number of hydrogen-bond acceptors (Lipinski definition) is 8. The third-order valence-electron chi connectivity index (χ3n) is 8.43. The Bertz CT molecular complexity index is 1890. The van der Waals surface area contributed by atoms with Gasteiger partial charge in [0.2, 0.25) is 5.91 Å². The smallest absolute Gasteiger partial charge is 0.257 e. The van der Waals surface area contributed by atoms with Crippen LogP contribution in [0.1, 0.15) is 70.1 Å². The van der Waals surface area contributed by atoms with Crippen LogP contribution in [-0.2, 0) is 35.5 Å². The van der Waals surface area contributed by atoms with Crippen LogP contribution in [0.25, 0.3) is 22.3 Å². The van der Waals surface area contributed by atoms with E-state index in [1.807, 2.05) is 20.8 Å². The minimum absolute atomic E-state index is 0.0735. The number of halogens is 1. The molecule has 2 aliphatic rings. The average Bonchev–Trinajstić information content (AvgIpc) is 3.47. The van der Waals surface area contributed by atoms with Gasteiger partial charge in [-0.15, -0.1) is 6.58 Å². The number of aryl methyl sites for hydroxylation is 2. The van der Waals surface area contributed by atoms with Crippen LogP contribution in [-0.4, -0.2) is 68.3 Å². The van der Waals surface area contributed by atoms with E-state index in [-0.39, 0.29) is 43.6 Å². The maximum atomic E-state index is 14.6. The van der Waals surface area contributed by atoms with Crippen molar-refractivity contribution >= 4 is 22.7 Å². The molecule has 0 spiro atoms. The Hall–Kier alpha value is -4.78. The minimum atomic E-state index is -0.983. The Labute approximate surface area is 278 Å². The molecule has 2 amide bonds. The first-order valence-corrected chi connectivity index (χ1v) is 15.9. The van der Waals surface area contributed by atoms with Gasteiger partial charge in [-0.3, -0.25) is 19.4 Å². The highest BCUT2D eigenvalue weighted by molar-refractivity contribution is 5.96. The van der Waals surface area contributed by atoms with Crippen LogP contribution in [0.15, 0.2) is 54.1 Å². The molecule has 0 saturated carbocycles. The summed E-state index contributed by atoms with van der Waals surface area (Å²) in [6, 6.07) is 6.37. The van der Waals surface area contributed by atoms with Gasteiger partial charge in [-0.1, -0.05) is 19.9 Å². The number of ether oxygens (including phenoxy) is 1. The molecular formula is C36H42FN5O6. The van der Waals surface area contributed by atoms with Crippen molar-refractivity contribution in [3.63, 3.8) is 0 Å². The highest BCUT2D eigenvalue weighted by Gasteiger charge is 2.31. The molecule has 4 N–H and O–H groups in total. The number of aliphatic hydroxyl groups excluding tert-OH is 2. The summed E-state index contributed by atoms with van der Waals surface area (Å²) in [5, 5.41) is 20.3. The molecule has 254 valence electrons. The lowest BCUT2D eigenvalue weighted by Gasteiger charge is -2.21. The lowest BCUT2D eigenvalue weighted by atomic mass is 9.85. The van der Waals surface area contributed by atoms with E-state index in [1.54, 1.807) is 10.6 Å². The SMILES string of the molecule is C=CC(O)c1cc2n(c(=O)c1COC)Cc1c-2nc2cc(F)c(C)c3c2c1CCC3.CC.NC(=O)CN(CCO)C(=O)c1ccncc1. The molecule has 0 radical (unpaired) electrons. The van der Waals surface area contributed by atoms with Gasteiger partial charge in [-0.05, 0) is 66.6 Å². The predicted octanol–water partition coefficient (Wildman–Crippen LogP) is 3.75. The Morgan fingerprint density at radius 1 is 1.19 bits per heavy atom. The van der Waals surface area contributed by atoms with Crippen molar-refractivity contribution in [2.24, 2.45) is 5.73 Å². The number of nitrogens with two attached hydrogens (primary N) is 1. The molecule has 1 aliphatic carbocycles. The van der Waals surface area contributed by atoms with Gasteiger partial charge in [-0.2, -0.15) is 0 Å². The molecule has 11 nitrogen and oxygen atoms in total. The molecule has 4 heterocycles. The molecule has 12 heteroatoms. The van der Waals surface area contributed by atoms with Gasteiger partial charge in [0, 0.05) is 54.2 Å². The fourth-order valence-corrected chi connectivity index (χ4v) is 6.24. The number of methoxy groups -OCH3 is 1. The summed E-state index contributed by atoms with van der Waals surface area (Å²) < 4.78 is 21.5. The van der Waals surface area contributed by atoms with Crippen LogP contribution < -0.4 is 11.3 Å². The highest BCUT2D eigenvalue weighted by atomic mass is 19.1. The number of aromatic nitrogens is 3. The second-order valence-electron chi connectivity index (χ2n) is 11.2. The second kappa shape index (κ2) is 15.9. The minimum Gasteiger partial charge on any atom is -0.395 e. The molecule has 4 aromatic rings. The van der Waals surface area contributed by atoms with E-state index >= 15 is 0 Å². The van der Waals surface area contributed by atoms with Gasteiger partial charge in [-0.25, -0.2) is 9.37 Å². The van der Waals surface area contributed by atoms with Crippen molar-refractivity contribution < 1.29 is 28.9 Å². The summed E-state index contributed by atoms with van der Waals surface area (Å²) in [4.78, 5) is 45.7. The van der Waals surface area contributed by atoms with Crippen LogP contribution >= 0.6 is 0 Å². The van der Waals surface area contributed by atoms with Crippen molar-refractivity contribution in [2.45, 2.75) is 59.3 Å². The fraction of sp³-hybridized carbons (Fsp3) is 0.361. The lowest BCUT2D eigenvalue weighted by molar-refractivity contribution is -0.118. The van der Waals surface area contributed by atoms with Crippen LogP contribution in [0.5, 0.6) is 0 Å². The summed E-state index contributed by atoms with van der Waals surface area (Å²) in [5.74, 6) is -1.21. The first kappa shape index (κ1) is 36.1. The molecule has 6 rings (SSSR count). The number of aliphatic hydroxyl groups is 2. The number of carbonyl (C=O) groups excluding carboxylic acids is 2. The molecule has 1 unspecified atom stereocenters. The lowest BCUT2D eigenvalue weighted by Crippen LogP contribution is -2.40. The van der Waals surface area contributed by atoms with E-state index in [0.717, 1.165) is 35.8 Å². The number of nitrogens with zero attached hydrogens (tertiary/aromatic N) is 4. The zero-order valence-corrected chi connectivity index (χ0v) is 27.8. The normalized spacial score (nSPS) is 12.9. The van der Waals surface area contributed by atoms with E-state index < -0.39 is 12.0 Å². The highest BCUT2D eigenvalue weighted by Crippen LogP contribution is 2.41. The van der Waals surface area contributed by atoms with Crippen LogP contribution in [0.2, 0.25) is 0 Å². The predicted molar refractivity (Wildman–Crippen MR) is 181 cm³/mol. The van der Waals surface area contributed by atoms with Crippen LogP contribution in [0.3, 0.4) is 0 Å². The van der Waals surface area contributed by atoms with Crippen molar-refractivity contribution in [1.29, 1.82) is 0 Å². The summed E-state index contributed by atoms with van der Waals surface area (Å²) >= 11 is 0. The van der Waals surface area contributed by atoms with E-state index in [9.17, 15) is 23.9 Å². The topological polar surface area (TPSA) is 161 Å². The standard InChI is InChI=1S/C24H23FN2O3.C10H13N3O3.C2H6/c1-4-21(28)15-8-20-23-16(10-27(20)24(29)17(15)11-30-3)14-7-5-6-13-12(2)18(25)9-19(26-23)22(13)14;11-9(15)7-13(5-6-14)10(16)8-1-3-12-4-2-8;1-2/h4,8-9,21,28H,1,5-7,10-11H2,2-3H3;1-4,14H,5-7H2,(H2,11,15);1-2H3. The molecule has 1 atom stereocenters. The van der Waals surface area contributed by atoms with E-state index in [1.165, 1.54) is 54.2 Å². The Kier molecular flexibility index (Phi) is 11.9. The Morgan fingerprint density at radius 2 is 1.88 bits per heavy atom. The van der Waals surface area contributed by atoms with Gasteiger partial charge < -0.3 is 30.2 Å². The van der Waals surface area contributed by atoms with Crippen molar-refractivity contribution in [2.75, 3.05) is 26.8 Å². The van der Waals surface area contributed by atoms with E-state index in [4.69, 9.17) is 20.6 Å².